The summed E-state index contributed by atoms with van der Waals surface area (Å²) in [5.41, 5.74) is 3.33. The molecule has 0 N–H and O–H groups in total. The molecule has 1 aliphatic heterocycles. The van der Waals surface area contributed by atoms with Crippen molar-refractivity contribution >= 4 is 15.7 Å². The fraction of sp³-hybridized carbons (Fsp3) is 0.304. The maximum atomic E-state index is 13.8. The molecule has 6 nitrogen and oxygen atoms in total. The third-order valence-electron chi connectivity index (χ3n) is 5.94. The average Bonchev–Trinajstić information content (AvgIpc) is 3.33. The number of carbonyl (C=O) groups is 1. The summed E-state index contributed by atoms with van der Waals surface area (Å²) in [5, 5.41) is 4.46. The third-order valence-corrected chi connectivity index (χ3v) is 7.05. The van der Waals surface area contributed by atoms with Gasteiger partial charge in [-0.25, -0.2) is 12.8 Å². The van der Waals surface area contributed by atoms with E-state index in [1.165, 1.54) is 37.1 Å². The van der Waals surface area contributed by atoms with Crippen LogP contribution in [0.5, 0.6) is 0 Å². The summed E-state index contributed by atoms with van der Waals surface area (Å²) in [6.45, 7) is 1.71. The van der Waals surface area contributed by atoms with Crippen molar-refractivity contribution in [1.29, 1.82) is 0 Å². The fourth-order valence-corrected chi connectivity index (χ4v) is 4.71. The van der Waals surface area contributed by atoms with Gasteiger partial charge in [0.2, 0.25) is 0 Å². The van der Waals surface area contributed by atoms with Crippen molar-refractivity contribution < 1.29 is 17.6 Å². The Kier molecular flexibility index (Phi) is 4.69. The van der Waals surface area contributed by atoms with E-state index in [-0.39, 0.29) is 16.4 Å². The topological polar surface area (TPSA) is 72.3 Å². The molecular formula is C23H22FN3O3S. The van der Waals surface area contributed by atoms with Gasteiger partial charge < -0.3 is 4.90 Å². The summed E-state index contributed by atoms with van der Waals surface area (Å²) in [5.74, 6) is -0.0319. The molecule has 0 bridgehead atoms. The van der Waals surface area contributed by atoms with Gasteiger partial charge >= 0.3 is 0 Å². The molecule has 2 aromatic carbocycles. The van der Waals surface area contributed by atoms with Crippen molar-refractivity contribution in [3.63, 3.8) is 0 Å². The van der Waals surface area contributed by atoms with Gasteiger partial charge in [0.15, 0.2) is 9.84 Å². The molecule has 1 amide bonds. The number of amides is 1. The van der Waals surface area contributed by atoms with Gasteiger partial charge in [0, 0.05) is 30.5 Å². The predicted molar refractivity (Wildman–Crippen MR) is 113 cm³/mol. The van der Waals surface area contributed by atoms with Crippen LogP contribution in [0.3, 0.4) is 0 Å². The second-order valence-electron chi connectivity index (χ2n) is 8.39. The Bertz CT molecular complexity index is 1300. The highest BCUT2D eigenvalue weighted by Crippen LogP contribution is 2.34. The van der Waals surface area contributed by atoms with E-state index in [0.717, 1.165) is 24.1 Å². The number of carbonyl (C=O) groups excluding carboxylic acids is 1. The molecule has 0 unspecified atom stereocenters. The molecule has 1 aromatic heterocycles. The van der Waals surface area contributed by atoms with E-state index < -0.39 is 15.7 Å². The second-order valence-corrected chi connectivity index (χ2v) is 10.4. The van der Waals surface area contributed by atoms with E-state index in [1.54, 1.807) is 23.1 Å². The van der Waals surface area contributed by atoms with Gasteiger partial charge in [-0.3, -0.25) is 9.48 Å². The molecule has 2 aliphatic rings. The van der Waals surface area contributed by atoms with Crippen molar-refractivity contribution in [1.82, 2.24) is 14.7 Å². The first-order valence-electron chi connectivity index (χ1n) is 10.2. The van der Waals surface area contributed by atoms with Crippen LogP contribution in [-0.4, -0.2) is 35.3 Å². The highest BCUT2D eigenvalue weighted by atomic mass is 32.2. The molecule has 5 rings (SSSR count). The van der Waals surface area contributed by atoms with Crippen LogP contribution in [0.15, 0.2) is 53.6 Å². The lowest BCUT2D eigenvalue weighted by Gasteiger charge is -2.19. The van der Waals surface area contributed by atoms with Gasteiger partial charge in [-0.1, -0.05) is 18.2 Å². The first-order chi connectivity index (χ1) is 14.8. The zero-order valence-electron chi connectivity index (χ0n) is 17.1. The van der Waals surface area contributed by atoms with Crippen LogP contribution >= 0.6 is 0 Å². The maximum absolute atomic E-state index is 13.8. The molecule has 2 heterocycles. The zero-order valence-corrected chi connectivity index (χ0v) is 17.9. The molecule has 8 heteroatoms. The highest BCUT2D eigenvalue weighted by molar-refractivity contribution is 7.90. The summed E-state index contributed by atoms with van der Waals surface area (Å²) in [6.07, 6.45) is 5.35. The molecule has 3 aromatic rings. The number of fused-ring (bicyclic) bond motifs is 1. The number of rotatable bonds is 5. The molecule has 31 heavy (non-hydrogen) atoms. The van der Waals surface area contributed by atoms with Gasteiger partial charge in [-0.15, -0.1) is 0 Å². The molecular weight excluding hydrogens is 417 g/mol. The summed E-state index contributed by atoms with van der Waals surface area (Å²) < 4.78 is 40.1. The molecule has 1 aliphatic carbocycles. The van der Waals surface area contributed by atoms with Crippen LogP contribution in [0.4, 0.5) is 4.39 Å². The Morgan fingerprint density at radius 3 is 2.68 bits per heavy atom. The van der Waals surface area contributed by atoms with Crippen molar-refractivity contribution in [3.05, 3.63) is 71.3 Å². The Hall–Kier alpha value is -3.00. The van der Waals surface area contributed by atoms with Crippen molar-refractivity contribution in [2.45, 2.75) is 37.4 Å². The quantitative estimate of drug-likeness (QED) is 0.608. The van der Waals surface area contributed by atoms with Crippen LogP contribution in [-0.2, 0) is 29.5 Å². The number of hydrogen-bond donors (Lipinski definition) is 0. The zero-order chi connectivity index (χ0) is 21.8. The van der Waals surface area contributed by atoms with Crippen molar-refractivity contribution in [2.75, 3.05) is 6.26 Å². The molecule has 1 saturated carbocycles. The Morgan fingerprint density at radius 2 is 1.97 bits per heavy atom. The number of aromatic nitrogens is 2. The maximum Gasteiger partial charge on any atom is 0.255 e. The molecule has 0 atom stereocenters. The van der Waals surface area contributed by atoms with Crippen molar-refractivity contribution in [3.8, 4) is 11.1 Å². The van der Waals surface area contributed by atoms with E-state index in [4.69, 9.17) is 0 Å². The summed E-state index contributed by atoms with van der Waals surface area (Å²) in [4.78, 5) is 15.3. The summed E-state index contributed by atoms with van der Waals surface area (Å²) in [6, 6.07) is 10.4. The minimum Gasteiger partial charge on any atom is -0.328 e. The number of sulfone groups is 1. The van der Waals surface area contributed by atoms with E-state index in [1.807, 2.05) is 10.9 Å². The standard InChI is InChI=1S/C23H22FN3O3S/c1-31(29,30)19-7-8-20(16-3-2-4-18(24)9-16)21(10-19)23(28)26-13-17-11-25-27(22(17)14-26)12-15-5-6-15/h2-4,7-11,15H,5-6,12-14H2,1H3. The smallest absolute Gasteiger partial charge is 0.255 e. The number of halogens is 1. The highest BCUT2D eigenvalue weighted by Gasteiger charge is 2.31. The Morgan fingerprint density at radius 1 is 1.16 bits per heavy atom. The number of hydrogen-bond acceptors (Lipinski definition) is 4. The van der Waals surface area contributed by atoms with E-state index in [0.29, 0.717) is 30.1 Å². The van der Waals surface area contributed by atoms with Crippen molar-refractivity contribution in [2.24, 2.45) is 5.92 Å². The van der Waals surface area contributed by atoms with Gasteiger partial charge in [-0.05, 0) is 54.2 Å². The fourth-order valence-electron chi connectivity index (χ4n) is 4.06. The Balaban J connectivity index is 1.52. The van der Waals surface area contributed by atoms with Crippen LogP contribution in [0, 0.1) is 11.7 Å². The summed E-state index contributed by atoms with van der Waals surface area (Å²) >= 11 is 0. The predicted octanol–water partition coefficient (Wildman–Crippen LogP) is 3.66. The lowest BCUT2D eigenvalue weighted by molar-refractivity contribution is 0.0748. The van der Waals surface area contributed by atoms with Crippen LogP contribution < -0.4 is 0 Å². The normalized spacial score (nSPS) is 15.9. The van der Waals surface area contributed by atoms with Gasteiger partial charge in [-0.2, -0.15) is 5.10 Å². The van der Waals surface area contributed by atoms with E-state index >= 15 is 0 Å². The van der Waals surface area contributed by atoms with Gasteiger partial charge in [0.25, 0.3) is 5.91 Å². The van der Waals surface area contributed by atoms with Crippen LogP contribution in [0.2, 0.25) is 0 Å². The molecule has 0 spiro atoms. The lowest BCUT2D eigenvalue weighted by Crippen LogP contribution is -2.27. The first kappa shape index (κ1) is 19.9. The largest absolute Gasteiger partial charge is 0.328 e. The van der Waals surface area contributed by atoms with E-state index in [9.17, 15) is 17.6 Å². The molecule has 1 fully saturated rings. The molecule has 0 radical (unpaired) electrons. The SMILES string of the molecule is CS(=O)(=O)c1ccc(-c2cccc(F)c2)c(C(=O)N2Cc3cnn(CC4CC4)c3C2)c1. The monoisotopic (exact) mass is 439 g/mol. The molecule has 160 valence electrons. The Labute approximate surface area is 180 Å². The van der Waals surface area contributed by atoms with Gasteiger partial charge in [0.1, 0.15) is 5.82 Å². The van der Waals surface area contributed by atoms with Crippen LogP contribution in [0.1, 0.15) is 34.5 Å². The molecule has 0 saturated heterocycles. The lowest BCUT2D eigenvalue weighted by atomic mass is 9.98. The number of nitrogens with zero attached hydrogens (tertiary/aromatic N) is 3. The van der Waals surface area contributed by atoms with Gasteiger partial charge in [0.05, 0.1) is 23.3 Å². The second kappa shape index (κ2) is 7.30. The average molecular weight is 440 g/mol. The minimum atomic E-state index is -3.50. The van der Waals surface area contributed by atoms with E-state index in [2.05, 4.69) is 5.10 Å². The number of benzene rings is 2. The first-order valence-corrected chi connectivity index (χ1v) is 12.1. The minimum absolute atomic E-state index is 0.0626. The van der Waals surface area contributed by atoms with Crippen LogP contribution in [0.25, 0.3) is 11.1 Å². The summed E-state index contributed by atoms with van der Waals surface area (Å²) in [7, 11) is -3.50. The third kappa shape index (κ3) is 3.87.